The maximum atomic E-state index is 4.77. The second-order valence-corrected chi connectivity index (χ2v) is 2.70. The summed E-state index contributed by atoms with van der Waals surface area (Å²) in [4.78, 5) is 4.77. The fourth-order valence-electron chi connectivity index (χ4n) is 1.24. The lowest BCUT2D eigenvalue weighted by molar-refractivity contribution is 0.0785. The Morgan fingerprint density at radius 1 is 1.60 bits per heavy atom. The second kappa shape index (κ2) is 4.47. The summed E-state index contributed by atoms with van der Waals surface area (Å²) in [6, 6.07) is 0. The normalized spacial score (nSPS) is 25.1. The summed E-state index contributed by atoms with van der Waals surface area (Å²) in [6.07, 6.45) is 8.24. The third-order valence-corrected chi connectivity index (χ3v) is 1.89. The summed E-state index contributed by atoms with van der Waals surface area (Å²) in [6.45, 7) is 0.987. The van der Waals surface area contributed by atoms with Crippen molar-refractivity contribution in [1.29, 1.82) is 0 Å². The lowest BCUT2D eigenvalue weighted by atomic mass is 9.95. The van der Waals surface area contributed by atoms with Gasteiger partial charge in [0.2, 0.25) is 0 Å². The Morgan fingerprint density at radius 3 is 3.10 bits per heavy atom. The van der Waals surface area contributed by atoms with Crippen LogP contribution in [0.15, 0.2) is 12.2 Å². The van der Waals surface area contributed by atoms with E-state index in [1.807, 2.05) is 0 Å². The van der Waals surface area contributed by atoms with Gasteiger partial charge in [0.25, 0.3) is 0 Å². The molecule has 0 saturated heterocycles. The largest absolute Gasteiger partial charge is 0.305 e. The van der Waals surface area contributed by atoms with Crippen LogP contribution < -0.4 is 5.48 Å². The van der Waals surface area contributed by atoms with Gasteiger partial charge in [-0.1, -0.05) is 12.2 Å². The first-order valence-electron chi connectivity index (χ1n) is 3.84. The first kappa shape index (κ1) is 7.76. The van der Waals surface area contributed by atoms with Crippen LogP contribution in [0.2, 0.25) is 0 Å². The van der Waals surface area contributed by atoms with Crippen LogP contribution in [0.3, 0.4) is 0 Å². The molecular weight excluding hydrogens is 126 g/mol. The molecule has 1 unspecified atom stereocenters. The van der Waals surface area contributed by atoms with E-state index in [1.54, 1.807) is 7.11 Å². The maximum Gasteiger partial charge on any atom is 0.0572 e. The predicted molar refractivity (Wildman–Crippen MR) is 41.5 cm³/mol. The molecule has 0 aromatic rings. The number of nitrogens with one attached hydrogen (secondary N) is 1. The molecule has 1 N–H and O–H groups in total. The van der Waals surface area contributed by atoms with Crippen LogP contribution in [0.25, 0.3) is 0 Å². The van der Waals surface area contributed by atoms with E-state index in [4.69, 9.17) is 4.84 Å². The van der Waals surface area contributed by atoms with Crippen molar-refractivity contribution in [2.24, 2.45) is 5.92 Å². The average Bonchev–Trinajstić information content (AvgIpc) is 2.03. The van der Waals surface area contributed by atoms with Gasteiger partial charge in [-0.3, -0.25) is 0 Å². The Balaban J connectivity index is 2.10. The van der Waals surface area contributed by atoms with Crippen LogP contribution in [0.1, 0.15) is 19.3 Å². The second-order valence-electron chi connectivity index (χ2n) is 2.70. The molecule has 0 heterocycles. The fourth-order valence-corrected chi connectivity index (χ4v) is 1.24. The molecule has 2 heteroatoms. The van der Waals surface area contributed by atoms with E-state index >= 15 is 0 Å². The predicted octanol–water partition coefficient (Wildman–Crippen LogP) is 1.49. The molecule has 1 atom stereocenters. The standard InChI is InChI=1S/C8H15NO/c1-10-9-7-8-5-3-2-4-6-8/h2-3,8-9H,4-7H2,1H3. The van der Waals surface area contributed by atoms with Crippen molar-refractivity contribution in [2.45, 2.75) is 19.3 Å². The summed E-state index contributed by atoms with van der Waals surface area (Å²) in [5.41, 5.74) is 2.88. The SMILES string of the molecule is CONCC1CC=CCC1. The lowest BCUT2D eigenvalue weighted by Gasteiger charge is -2.16. The first-order valence-corrected chi connectivity index (χ1v) is 3.84. The number of allylic oxidation sites excluding steroid dienone is 2. The Hall–Kier alpha value is -0.340. The summed E-state index contributed by atoms with van der Waals surface area (Å²) in [5, 5.41) is 0. The molecule has 0 radical (unpaired) electrons. The number of hydrogen-bond donors (Lipinski definition) is 1. The molecule has 1 rings (SSSR count). The van der Waals surface area contributed by atoms with E-state index in [1.165, 1.54) is 19.3 Å². The van der Waals surface area contributed by atoms with Crippen LogP contribution in [0.4, 0.5) is 0 Å². The van der Waals surface area contributed by atoms with Crippen LogP contribution in [0.5, 0.6) is 0 Å². The van der Waals surface area contributed by atoms with Crippen molar-refractivity contribution in [1.82, 2.24) is 5.48 Å². The summed E-state index contributed by atoms with van der Waals surface area (Å²) >= 11 is 0. The van der Waals surface area contributed by atoms with Gasteiger partial charge in [-0.2, -0.15) is 0 Å². The molecule has 58 valence electrons. The third-order valence-electron chi connectivity index (χ3n) is 1.89. The lowest BCUT2D eigenvalue weighted by Crippen LogP contribution is -2.22. The van der Waals surface area contributed by atoms with Gasteiger partial charge in [0, 0.05) is 6.54 Å². The molecule has 0 amide bonds. The Bertz CT molecular complexity index is 112. The number of hydrogen-bond acceptors (Lipinski definition) is 2. The van der Waals surface area contributed by atoms with Crippen LogP contribution >= 0.6 is 0 Å². The zero-order valence-corrected chi connectivity index (χ0v) is 6.47. The number of hydroxylamine groups is 1. The minimum atomic E-state index is 0.782. The molecule has 1 aliphatic rings. The summed E-state index contributed by atoms with van der Waals surface area (Å²) in [5.74, 6) is 0.782. The number of rotatable bonds is 3. The van der Waals surface area contributed by atoms with Gasteiger partial charge in [-0.25, -0.2) is 5.48 Å². The molecule has 2 nitrogen and oxygen atoms in total. The van der Waals surface area contributed by atoms with E-state index in [0.29, 0.717) is 0 Å². The first-order chi connectivity index (χ1) is 4.93. The average molecular weight is 141 g/mol. The molecule has 0 spiro atoms. The van der Waals surface area contributed by atoms with Gasteiger partial charge in [0.15, 0.2) is 0 Å². The van der Waals surface area contributed by atoms with Crippen molar-refractivity contribution >= 4 is 0 Å². The van der Waals surface area contributed by atoms with Crippen molar-refractivity contribution in [3.05, 3.63) is 12.2 Å². The molecule has 0 bridgehead atoms. The van der Waals surface area contributed by atoms with Gasteiger partial charge in [0.1, 0.15) is 0 Å². The highest BCUT2D eigenvalue weighted by atomic mass is 16.6. The Labute approximate surface area is 62.2 Å². The highest BCUT2D eigenvalue weighted by Crippen LogP contribution is 2.16. The van der Waals surface area contributed by atoms with Gasteiger partial charge < -0.3 is 4.84 Å². The van der Waals surface area contributed by atoms with Gasteiger partial charge in [-0.15, -0.1) is 0 Å². The van der Waals surface area contributed by atoms with Gasteiger partial charge >= 0.3 is 0 Å². The molecule has 0 aromatic carbocycles. The van der Waals surface area contributed by atoms with Crippen molar-refractivity contribution in [3.8, 4) is 0 Å². The highest BCUT2D eigenvalue weighted by molar-refractivity contribution is 4.90. The molecule has 1 aliphatic carbocycles. The maximum absolute atomic E-state index is 4.77. The van der Waals surface area contributed by atoms with Crippen LogP contribution in [-0.2, 0) is 4.84 Å². The zero-order valence-electron chi connectivity index (χ0n) is 6.47. The van der Waals surface area contributed by atoms with Gasteiger partial charge in [-0.05, 0) is 25.2 Å². The minimum absolute atomic E-state index is 0.782. The van der Waals surface area contributed by atoms with E-state index < -0.39 is 0 Å². The topological polar surface area (TPSA) is 21.3 Å². The van der Waals surface area contributed by atoms with Crippen molar-refractivity contribution in [2.75, 3.05) is 13.7 Å². The van der Waals surface area contributed by atoms with E-state index in [2.05, 4.69) is 17.6 Å². The molecule has 0 fully saturated rings. The zero-order chi connectivity index (χ0) is 7.23. The van der Waals surface area contributed by atoms with Gasteiger partial charge in [0.05, 0.1) is 7.11 Å². The van der Waals surface area contributed by atoms with Crippen LogP contribution in [0, 0.1) is 5.92 Å². The van der Waals surface area contributed by atoms with E-state index in [-0.39, 0.29) is 0 Å². The van der Waals surface area contributed by atoms with Crippen LogP contribution in [-0.4, -0.2) is 13.7 Å². The van der Waals surface area contributed by atoms with E-state index in [0.717, 1.165) is 12.5 Å². The van der Waals surface area contributed by atoms with Crippen molar-refractivity contribution in [3.63, 3.8) is 0 Å². The third kappa shape index (κ3) is 2.50. The Morgan fingerprint density at radius 2 is 2.50 bits per heavy atom. The van der Waals surface area contributed by atoms with E-state index in [9.17, 15) is 0 Å². The highest BCUT2D eigenvalue weighted by Gasteiger charge is 2.07. The smallest absolute Gasteiger partial charge is 0.0572 e. The summed E-state index contributed by atoms with van der Waals surface area (Å²) < 4.78 is 0. The molecule has 0 aromatic heterocycles. The molecule has 10 heavy (non-hydrogen) atoms. The Kier molecular flexibility index (Phi) is 3.47. The fraction of sp³-hybridized carbons (Fsp3) is 0.750. The minimum Gasteiger partial charge on any atom is -0.305 e. The molecule has 0 aliphatic heterocycles. The summed E-state index contributed by atoms with van der Waals surface area (Å²) in [7, 11) is 1.67. The van der Waals surface area contributed by atoms with Crippen molar-refractivity contribution < 1.29 is 4.84 Å². The quantitative estimate of drug-likeness (QED) is 0.475. The molecule has 0 saturated carbocycles. The molecular formula is C8H15NO. The monoisotopic (exact) mass is 141 g/mol.